The summed E-state index contributed by atoms with van der Waals surface area (Å²) in [4.78, 5) is 4.31. The van der Waals surface area contributed by atoms with Crippen molar-refractivity contribution in [1.29, 1.82) is 0 Å². The Labute approximate surface area is 96.4 Å². The number of hydrogen-bond donors (Lipinski definition) is 1. The molecule has 1 rings (SSSR count). The smallest absolute Gasteiger partial charge is 0.243 e. The summed E-state index contributed by atoms with van der Waals surface area (Å²) in [5, 5.41) is 3.94. The van der Waals surface area contributed by atoms with Crippen LogP contribution >= 0.6 is 0 Å². The van der Waals surface area contributed by atoms with Crippen LogP contribution in [0, 0.1) is 0 Å². The molecule has 0 aliphatic heterocycles. The van der Waals surface area contributed by atoms with E-state index in [1.807, 2.05) is 13.8 Å². The van der Waals surface area contributed by atoms with Crippen LogP contribution in [-0.4, -0.2) is 17.3 Å². The zero-order chi connectivity index (χ0) is 12.2. The molecule has 2 N–H and O–H groups in total. The molecule has 0 saturated heterocycles. The molecule has 0 radical (unpaired) electrons. The van der Waals surface area contributed by atoms with E-state index in [0.717, 1.165) is 19.3 Å². The third-order valence-corrected chi connectivity index (χ3v) is 2.96. The van der Waals surface area contributed by atoms with Crippen molar-refractivity contribution in [3.63, 3.8) is 0 Å². The van der Waals surface area contributed by atoms with E-state index in [2.05, 4.69) is 17.1 Å². The lowest BCUT2D eigenvalue weighted by atomic mass is 10.0. The van der Waals surface area contributed by atoms with Crippen molar-refractivity contribution in [1.82, 2.24) is 10.1 Å². The second kappa shape index (κ2) is 5.41. The highest BCUT2D eigenvalue weighted by Gasteiger charge is 2.30. The molecule has 0 saturated carbocycles. The van der Waals surface area contributed by atoms with Gasteiger partial charge in [0.05, 0.1) is 6.04 Å². The van der Waals surface area contributed by atoms with Crippen LogP contribution < -0.4 is 5.73 Å². The van der Waals surface area contributed by atoms with Crippen molar-refractivity contribution in [3.05, 3.63) is 11.7 Å². The molecule has 0 aliphatic carbocycles. The number of aromatic nitrogens is 2. The molecule has 1 aromatic rings. The van der Waals surface area contributed by atoms with Crippen LogP contribution in [0.15, 0.2) is 4.52 Å². The maximum atomic E-state index is 5.91. The van der Waals surface area contributed by atoms with Crippen LogP contribution in [0.4, 0.5) is 0 Å². The fourth-order valence-electron chi connectivity index (χ4n) is 1.43. The molecule has 5 nitrogen and oxygen atoms in total. The molecule has 2 unspecified atom stereocenters. The molecule has 0 aliphatic rings. The molecule has 5 heteroatoms. The van der Waals surface area contributed by atoms with E-state index in [9.17, 15) is 0 Å². The Bertz CT molecular complexity index is 321. The SMILES string of the molecule is CCCC(N)c1nc(C(C)(CC)OC)no1. The van der Waals surface area contributed by atoms with Crippen LogP contribution in [0.2, 0.25) is 0 Å². The Morgan fingerprint density at radius 1 is 1.50 bits per heavy atom. The first-order chi connectivity index (χ1) is 7.57. The van der Waals surface area contributed by atoms with Crippen molar-refractivity contribution >= 4 is 0 Å². The maximum absolute atomic E-state index is 5.91. The zero-order valence-corrected chi connectivity index (χ0v) is 10.5. The Morgan fingerprint density at radius 3 is 2.69 bits per heavy atom. The fraction of sp³-hybridized carbons (Fsp3) is 0.818. The van der Waals surface area contributed by atoms with E-state index in [1.165, 1.54) is 0 Å². The van der Waals surface area contributed by atoms with Gasteiger partial charge in [0.25, 0.3) is 0 Å². The first-order valence-electron chi connectivity index (χ1n) is 5.72. The Balaban J connectivity index is 2.85. The van der Waals surface area contributed by atoms with E-state index in [1.54, 1.807) is 7.11 Å². The highest BCUT2D eigenvalue weighted by molar-refractivity contribution is 5.00. The molecule has 1 heterocycles. The molecule has 92 valence electrons. The van der Waals surface area contributed by atoms with Crippen LogP contribution in [0.3, 0.4) is 0 Å². The zero-order valence-electron chi connectivity index (χ0n) is 10.5. The molecular weight excluding hydrogens is 206 g/mol. The first kappa shape index (κ1) is 13.1. The Hall–Kier alpha value is -0.940. The van der Waals surface area contributed by atoms with E-state index in [-0.39, 0.29) is 6.04 Å². The number of hydrogen-bond acceptors (Lipinski definition) is 5. The molecule has 2 atom stereocenters. The van der Waals surface area contributed by atoms with Crippen molar-refractivity contribution in [2.45, 2.75) is 51.7 Å². The van der Waals surface area contributed by atoms with E-state index in [4.69, 9.17) is 15.0 Å². The van der Waals surface area contributed by atoms with Gasteiger partial charge in [0.15, 0.2) is 0 Å². The normalized spacial score (nSPS) is 17.1. The summed E-state index contributed by atoms with van der Waals surface area (Å²) in [5.41, 5.74) is 5.42. The summed E-state index contributed by atoms with van der Waals surface area (Å²) < 4.78 is 10.6. The van der Waals surface area contributed by atoms with Gasteiger partial charge in [-0.25, -0.2) is 0 Å². The Kier molecular flexibility index (Phi) is 4.44. The summed E-state index contributed by atoms with van der Waals surface area (Å²) in [6, 6.07) is -0.177. The molecular formula is C11H21N3O2. The molecule has 0 aromatic carbocycles. The number of methoxy groups -OCH3 is 1. The lowest BCUT2D eigenvalue weighted by molar-refractivity contribution is -0.0106. The van der Waals surface area contributed by atoms with Gasteiger partial charge in [0.1, 0.15) is 5.60 Å². The number of nitrogens with zero attached hydrogens (tertiary/aromatic N) is 2. The van der Waals surface area contributed by atoms with E-state index < -0.39 is 5.60 Å². The van der Waals surface area contributed by atoms with E-state index in [0.29, 0.717) is 11.7 Å². The second-order valence-electron chi connectivity index (χ2n) is 4.14. The third-order valence-electron chi connectivity index (χ3n) is 2.96. The van der Waals surface area contributed by atoms with Gasteiger partial charge in [-0.2, -0.15) is 4.98 Å². The molecule has 0 spiro atoms. The lowest BCUT2D eigenvalue weighted by Crippen LogP contribution is -2.25. The van der Waals surface area contributed by atoms with Crippen molar-refractivity contribution in [2.75, 3.05) is 7.11 Å². The van der Waals surface area contributed by atoms with Crippen molar-refractivity contribution in [3.8, 4) is 0 Å². The minimum Gasteiger partial charge on any atom is -0.370 e. The average Bonchev–Trinajstić information content (AvgIpc) is 2.78. The van der Waals surface area contributed by atoms with E-state index >= 15 is 0 Å². The molecule has 16 heavy (non-hydrogen) atoms. The summed E-state index contributed by atoms with van der Waals surface area (Å²) in [7, 11) is 1.64. The number of ether oxygens (including phenoxy) is 1. The standard InChI is InChI=1S/C11H21N3O2/c1-5-7-8(12)9-13-10(14-16-9)11(3,6-2)15-4/h8H,5-7,12H2,1-4H3. The predicted molar refractivity (Wildman–Crippen MR) is 60.8 cm³/mol. The predicted octanol–water partition coefficient (Wildman–Crippen LogP) is 2.14. The largest absolute Gasteiger partial charge is 0.370 e. The molecule has 0 amide bonds. The van der Waals surface area contributed by atoms with Crippen LogP contribution in [-0.2, 0) is 10.3 Å². The van der Waals surface area contributed by atoms with Gasteiger partial charge in [0.2, 0.25) is 11.7 Å². The van der Waals surface area contributed by atoms with Crippen LogP contribution in [0.5, 0.6) is 0 Å². The van der Waals surface area contributed by atoms with Crippen molar-refractivity contribution in [2.24, 2.45) is 5.73 Å². The third kappa shape index (κ3) is 2.59. The van der Waals surface area contributed by atoms with Gasteiger partial charge in [-0.15, -0.1) is 0 Å². The lowest BCUT2D eigenvalue weighted by Gasteiger charge is -2.21. The fourth-order valence-corrected chi connectivity index (χ4v) is 1.43. The Morgan fingerprint density at radius 2 is 2.19 bits per heavy atom. The van der Waals surface area contributed by atoms with Gasteiger partial charge in [-0.3, -0.25) is 0 Å². The minimum absolute atomic E-state index is 0.177. The highest BCUT2D eigenvalue weighted by Crippen LogP contribution is 2.26. The quantitative estimate of drug-likeness (QED) is 0.805. The topological polar surface area (TPSA) is 74.2 Å². The van der Waals surface area contributed by atoms with Gasteiger partial charge in [0, 0.05) is 7.11 Å². The molecule has 1 aromatic heterocycles. The molecule has 0 bridgehead atoms. The maximum Gasteiger partial charge on any atom is 0.243 e. The van der Waals surface area contributed by atoms with Crippen LogP contribution in [0.1, 0.15) is 57.8 Å². The summed E-state index contributed by atoms with van der Waals surface area (Å²) >= 11 is 0. The second-order valence-corrected chi connectivity index (χ2v) is 4.14. The number of rotatable bonds is 6. The monoisotopic (exact) mass is 227 g/mol. The molecule has 0 fully saturated rings. The van der Waals surface area contributed by atoms with Gasteiger partial charge in [-0.05, 0) is 19.8 Å². The van der Waals surface area contributed by atoms with Gasteiger partial charge in [-0.1, -0.05) is 25.4 Å². The first-order valence-corrected chi connectivity index (χ1v) is 5.72. The summed E-state index contributed by atoms with van der Waals surface area (Å²) in [5.74, 6) is 1.06. The van der Waals surface area contributed by atoms with Gasteiger partial charge >= 0.3 is 0 Å². The van der Waals surface area contributed by atoms with Crippen molar-refractivity contribution < 1.29 is 9.26 Å². The summed E-state index contributed by atoms with van der Waals surface area (Å²) in [6.45, 7) is 6.03. The highest BCUT2D eigenvalue weighted by atomic mass is 16.5. The van der Waals surface area contributed by atoms with Gasteiger partial charge < -0.3 is 15.0 Å². The average molecular weight is 227 g/mol. The summed E-state index contributed by atoms with van der Waals surface area (Å²) in [6.07, 6.45) is 2.62. The number of nitrogens with two attached hydrogens (primary N) is 1. The minimum atomic E-state index is -0.492. The van der Waals surface area contributed by atoms with Crippen LogP contribution in [0.25, 0.3) is 0 Å².